The fourth-order valence-electron chi connectivity index (χ4n) is 2.76. The number of rotatable bonds is 3. The van der Waals surface area contributed by atoms with E-state index in [0.717, 1.165) is 12.0 Å². The predicted octanol–water partition coefficient (Wildman–Crippen LogP) is 2.91. The Morgan fingerprint density at radius 1 is 1.36 bits per heavy atom. The normalized spacial score (nSPS) is 36.4. The van der Waals surface area contributed by atoms with Crippen LogP contribution in [0.5, 0.6) is 0 Å². The number of thioether (sulfide) groups is 1. The fraction of sp³-hybridized carbons (Fsp3) is 1.00. The van der Waals surface area contributed by atoms with Gasteiger partial charge in [-0.15, -0.1) is 0 Å². The van der Waals surface area contributed by atoms with Crippen LogP contribution in [0.3, 0.4) is 0 Å². The van der Waals surface area contributed by atoms with Crippen molar-refractivity contribution in [3.05, 3.63) is 0 Å². The zero-order chi connectivity index (χ0) is 10.0. The van der Waals surface area contributed by atoms with Crippen molar-refractivity contribution in [2.24, 2.45) is 11.3 Å². The summed E-state index contributed by atoms with van der Waals surface area (Å²) in [5, 5.41) is 3.80. The molecule has 0 amide bonds. The second-order valence-corrected chi connectivity index (χ2v) is 6.72. The number of nitrogens with one attached hydrogen (secondary N) is 1. The Hall–Kier alpha value is 0.310. The first-order valence-electron chi connectivity index (χ1n) is 5.99. The molecular weight excluding hydrogens is 190 g/mol. The molecule has 1 saturated heterocycles. The molecule has 1 saturated carbocycles. The van der Waals surface area contributed by atoms with E-state index in [1.807, 2.05) is 0 Å². The van der Waals surface area contributed by atoms with E-state index in [1.54, 1.807) is 0 Å². The first-order chi connectivity index (χ1) is 6.68. The van der Waals surface area contributed by atoms with E-state index in [4.69, 9.17) is 0 Å². The first kappa shape index (κ1) is 10.8. The molecule has 2 unspecified atom stereocenters. The van der Waals surface area contributed by atoms with Crippen LogP contribution in [0.15, 0.2) is 0 Å². The van der Waals surface area contributed by atoms with E-state index in [9.17, 15) is 0 Å². The highest BCUT2D eigenvalue weighted by Crippen LogP contribution is 2.37. The zero-order valence-corrected chi connectivity index (χ0v) is 10.3. The molecule has 2 aliphatic rings. The van der Waals surface area contributed by atoms with Crippen molar-refractivity contribution in [1.82, 2.24) is 5.32 Å². The highest BCUT2D eigenvalue weighted by Gasteiger charge is 2.34. The monoisotopic (exact) mass is 213 g/mol. The lowest BCUT2D eigenvalue weighted by atomic mass is 9.87. The molecule has 1 heterocycles. The molecule has 0 bridgehead atoms. The quantitative estimate of drug-likeness (QED) is 0.773. The van der Waals surface area contributed by atoms with Crippen molar-refractivity contribution in [1.29, 1.82) is 0 Å². The molecule has 0 aromatic carbocycles. The smallest absolute Gasteiger partial charge is 0.0118 e. The summed E-state index contributed by atoms with van der Waals surface area (Å²) in [7, 11) is 0. The largest absolute Gasteiger partial charge is 0.313 e. The summed E-state index contributed by atoms with van der Waals surface area (Å²) in [6, 6.07) is 0.785. The van der Waals surface area contributed by atoms with Crippen molar-refractivity contribution < 1.29 is 0 Å². The standard InChI is InChI=1S/C12H23NS/c1-12(2)6-3-4-11(12)13-8-10-5-7-14-9-10/h10-11,13H,3-9H2,1-2H3. The molecule has 0 spiro atoms. The summed E-state index contributed by atoms with van der Waals surface area (Å²) < 4.78 is 0. The molecule has 1 aliphatic carbocycles. The lowest BCUT2D eigenvalue weighted by Crippen LogP contribution is -2.40. The van der Waals surface area contributed by atoms with Crippen LogP contribution in [-0.4, -0.2) is 24.1 Å². The molecule has 1 N–H and O–H groups in total. The van der Waals surface area contributed by atoms with Gasteiger partial charge in [-0.3, -0.25) is 0 Å². The lowest BCUT2D eigenvalue weighted by molar-refractivity contribution is 0.274. The van der Waals surface area contributed by atoms with Crippen LogP contribution in [0.2, 0.25) is 0 Å². The summed E-state index contributed by atoms with van der Waals surface area (Å²) in [5.74, 6) is 3.73. The van der Waals surface area contributed by atoms with Gasteiger partial charge in [0.25, 0.3) is 0 Å². The van der Waals surface area contributed by atoms with Gasteiger partial charge in [-0.05, 0) is 48.6 Å². The summed E-state index contributed by atoms with van der Waals surface area (Å²) >= 11 is 2.12. The highest BCUT2D eigenvalue weighted by atomic mass is 32.2. The second kappa shape index (κ2) is 4.44. The van der Waals surface area contributed by atoms with Gasteiger partial charge in [0.1, 0.15) is 0 Å². The van der Waals surface area contributed by atoms with Crippen LogP contribution in [0, 0.1) is 11.3 Å². The number of hydrogen-bond donors (Lipinski definition) is 1. The van der Waals surface area contributed by atoms with Gasteiger partial charge in [-0.2, -0.15) is 11.8 Å². The maximum atomic E-state index is 3.80. The van der Waals surface area contributed by atoms with E-state index in [-0.39, 0.29) is 0 Å². The molecule has 2 atom stereocenters. The fourth-order valence-corrected chi connectivity index (χ4v) is 4.04. The zero-order valence-electron chi connectivity index (χ0n) is 9.51. The Morgan fingerprint density at radius 3 is 2.79 bits per heavy atom. The summed E-state index contributed by atoms with van der Waals surface area (Å²) in [6.45, 7) is 6.10. The minimum Gasteiger partial charge on any atom is -0.313 e. The van der Waals surface area contributed by atoms with Crippen LogP contribution < -0.4 is 5.32 Å². The average molecular weight is 213 g/mol. The number of hydrogen-bond acceptors (Lipinski definition) is 2. The average Bonchev–Trinajstić information content (AvgIpc) is 2.71. The molecular formula is C12H23NS. The third-order valence-corrected chi connectivity index (χ3v) is 5.17. The van der Waals surface area contributed by atoms with E-state index in [0.29, 0.717) is 5.41 Å². The lowest BCUT2D eigenvalue weighted by Gasteiger charge is -2.29. The topological polar surface area (TPSA) is 12.0 Å². The van der Waals surface area contributed by atoms with Crippen molar-refractivity contribution >= 4 is 11.8 Å². The summed E-state index contributed by atoms with van der Waals surface area (Å²) in [5.41, 5.74) is 0.547. The van der Waals surface area contributed by atoms with Crippen LogP contribution in [0.4, 0.5) is 0 Å². The van der Waals surface area contributed by atoms with Gasteiger partial charge in [0.15, 0.2) is 0 Å². The van der Waals surface area contributed by atoms with Crippen LogP contribution in [-0.2, 0) is 0 Å². The first-order valence-corrected chi connectivity index (χ1v) is 7.15. The van der Waals surface area contributed by atoms with E-state index >= 15 is 0 Å². The van der Waals surface area contributed by atoms with Gasteiger partial charge in [-0.1, -0.05) is 20.3 Å². The van der Waals surface area contributed by atoms with Gasteiger partial charge >= 0.3 is 0 Å². The maximum Gasteiger partial charge on any atom is 0.0118 e. The molecule has 82 valence electrons. The SMILES string of the molecule is CC1(C)CCCC1NCC1CCSC1. The Kier molecular flexibility index (Phi) is 3.43. The van der Waals surface area contributed by atoms with Gasteiger partial charge in [0.05, 0.1) is 0 Å². The third kappa shape index (κ3) is 2.46. The second-order valence-electron chi connectivity index (χ2n) is 5.57. The molecule has 0 radical (unpaired) electrons. The Balaban J connectivity index is 1.74. The predicted molar refractivity (Wildman–Crippen MR) is 64.9 cm³/mol. The molecule has 2 fully saturated rings. The minimum absolute atomic E-state index is 0.547. The Morgan fingerprint density at radius 2 is 2.21 bits per heavy atom. The van der Waals surface area contributed by atoms with Gasteiger partial charge < -0.3 is 5.32 Å². The maximum absolute atomic E-state index is 3.80. The summed E-state index contributed by atoms with van der Waals surface area (Å²) in [6.07, 6.45) is 5.66. The molecule has 2 rings (SSSR count). The van der Waals surface area contributed by atoms with Crippen molar-refractivity contribution in [3.8, 4) is 0 Å². The van der Waals surface area contributed by atoms with Crippen molar-refractivity contribution in [2.45, 2.75) is 45.6 Å². The van der Waals surface area contributed by atoms with Crippen LogP contribution in [0.25, 0.3) is 0 Å². The molecule has 0 aromatic rings. The molecule has 1 aliphatic heterocycles. The third-order valence-electron chi connectivity index (χ3n) is 3.93. The van der Waals surface area contributed by atoms with E-state index in [2.05, 4.69) is 30.9 Å². The van der Waals surface area contributed by atoms with E-state index in [1.165, 1.54) is 43.7 Å². The molecule has 1 nitrogen and oxygen atoms in total. The minimum atomic E-state index is 0.547. The molecule has 0 aromatic heterocycles. The van der Waals surface area contributed by atoms with Gasteiger partial charge in [0.2, 0.25) is 0 Å². The van der Waals surface area contributed by atoms with Gasteiger partial charge in [0, 0.05) is 6.04 Å². The van der Waals surface area contributed by atoms with Crippen molar-refractivity contribution in [2.75, 3.05) is 18.1 Å². The van der Waals surface area contributed by atoms with E-state index < -0.39 is 0 Å². The highest BCUT2D eigenvalue weighted by molar-refractivity contribution is 7.99. The summed E-state index contributed by atoms with van der Waals surface area (Å²) in [4.78, 5) is 0. The van der Waals surface area contributed by atoms with Crippen molar-refractivity contribution in [3.63, 3.8) is 0 Å². The Labute approximate surface area is 92.4 Å². The molecule has 2 heteroatoms. The Bertz CT molecular complexity index is 185. The van der Waals surface area contributed by atoms with Gasteiger partial charge in [-0.25, -0.2) is 0 Å². The van der Waals surface area contributed by atoms with Crippen LogP contribution >= 0.6 is 11.8 Å². The molecule has 14 heavy (non-hydrogen) atoms. The van der Waals surface area contributed by atoms with Crippen LogP contribution in [0.1, 0.15) is 39.5 Å².